The van der Waals surface area contributed by atoms with Gasteiger partial charge in [-0.15, -0.1) is 0 Å². The molecule has 1 aliphatic rings. The number of nitrogens with zero attached hydrogens (tertiary/aromatic N) is 4. The van der Waals surface area contributed by atoms with E-state index in [0.717, 1.165) is 52.7 Å². The molecular formula is C26H25N7O2. The van der Waals surface area contributed by atoms with E-state index in [4.69, 9.17) is 4.74 Å². The predicted molar refractivity (Wildman–Crippen MR) is 135 cm³/mol. The summed E-state index contributed by atoms with van der Waals surface area (Å²) in [6.07, 6.45) is 9.41. The van der Waals surface area contributed by atoms with Crippen molar-refractivity contribution in [2.45, 2.75) is 18.9 Å². The third-order valence-electron chi connectivity index (χ3n) is 6.55. The van der Waals surface area contributed by atoms with Crippen molar-refractivity contribution in [1.29, 1.82) is 0 Å². The molecule has 3 N–H and O–H groups in total. The van der Waals surface area contributed by atoms with Crippen LogP contribution in [0.2, 0.25) is 0 Å². The molecule has 9 heteroatoms. The second-order valence-corrected chi connectivity index (χ2v) is 8.72. The van der Waals surface area contributed by atoms with E-state index in [1.807, 2.05) is 18.6 Å². The molecule has 0 aliphatic carbocycles. The molecule has 5 heterocycles. The molecule has 1 unspecified atom stereocenters. The maximum atomic E-state index is 12.8. The van der Waals surface area contributed by atoms with Gasteiger partial charge in [-0.3, -0.25) is 4.79 Å². The van der Waals surface area contributed by atoms with Crippen LogP contribution < -0.4 is 15.4 Å². The number of nitrogens with one attached hydrogen (secondary N) is 3. The molecule has 1 aliphatic heterocycles. The Morgan fingerprint density at radius 3 is 2.97 bits per heavy atom. The zero-order valence-corrected chi connectivity index (χ0v) is 19.3. The molecule has 1 atom stereocenters. The van der Waals surface area contributed by atoms with E-state index in [9.17, 15) is 4.79 Å². The van der Waals surface area contributed by atoms with Gasteiger partial charge in [0.05, 0.1) is 36.4 Å². The fourth-order valence-electron chi connectivity index (χ4n) is 4.73. The number of piperidine rings is 1. The standard InChI is InChI=1S/C26H25N7O2/c1-35-24-10-17(6-8-28-24)26(34)32-18-11-20-21(14-30-25(20)29-12-18)16-4-5-22-23(9-16)33(15-31-22)19-3-2-7-27-13-19/h4-6,8-12,14-15,19,27H,2-3,7,13H2,1H3,(H,29,30)(H,32,34). The topological polar surface area (TPSA) is 110 Å². The highest BCUT2D eigenvalue weighted by molar-refractivity contribution is 6.06. The number of hydrogen-bond acceptors (Lipinski definition) is 6. The molecule has 5 aromatic rings. The molecule has 0 radical (unpaired) electrons. The van der Waals surface area contributed by atoms with E-state index in [0.29, 0.717) is 23.2 Å². The van der Waals surface area contributed by atoms with Crippen LogP contribution in [-0.4, -0.2) is 50.6 Å². The van der Waals surface area contributed by atoms with E-state index in [1.165, 1.54) is 13.5 Å². The van der Waals surface area contributed by atoms with Gasteiger partial charge in [-0.2, -0.15) is 0 Å². The molecule has 1 fully saturated rings. The van der Waals surface area contributed by atoms with E-state index in [2.05, 4.69) is 53.3 Å². The number of methoxy groups -OCH3 is 1. The third-order valence-corrected chi connectivity index (χ3v) is 6.55. The molecule has 0 spiro atoms. The number of fused-ring (bicyclic) bond motifs is 2. The Kier molecular flexibility index (Phi) is 5.38. The molecule has 0 bridgehead atoms. The number of carbonyl (C=O) groups is 1. The lowest BCUT2D eigenvalue weighted by atomic mass is 10.0. The molecule has 1 aromatic carbocycles. The molecule has 6 rings (SSSR count). The lowest BCUT2D eigenvalue weighted by Crippen LogP contribution is -2.31. The second kappa shape index (κ2) is 8.84. The number of benzene rings is 1. The van der Waals surface area contributed by atoms with E-state index >= 15 is 0 Å². The van der Waals surface area contributed by atoms with Gasteiger partial charge in [-0.1, -0.05) is 6.07 Å². The van der Waals surface area contributed by atoms with Crippen LogP contribution in [0.1, 0.15) is 29.2 Å². The van der Waals surface area contributed by atoms with Crippen molar-refractivity contribution >= 4 is 33.7 Å². The number of rotatable bonds is 5. The lowest BCUT2D eigenvalue weighted by molar-refractivity contribution is 0.102. The first-order chi connectivity index (χ1) is 17.2. The van der Waals surface area contributed by atoms with Gasteiger partial charge in [0, 0.05) is 47.6 Å². The van der Waals surface area contributed by atoms with E-state index < -0.39 is 0 Å². The van der Waals surface area contributed by atoms with Gasteiger partial charge in [0.2, 0.25) is 5.88 Å². The largest absolute Gasteiger partial charge is 0.481 e. The van der Waals surface area contributed by atoms with Crippen LogP contribution in [0, 0.1) is 0 Å². The molecule has 176 valence electrons. The molecule has 4 aromatic heterocycles. The minimum Gasteiger partial charge on any atom is -0.481 e. The summed E-state index contributed by atoms with van der Waals surface area (Å²) in [6, 6.07) is 11.9. The predicted octanol–water partition coefficient (Wildman–Crippen LogP) is 4.16. The minimum atomic E-state index is -0.254. The van der Waals surface area contributed by atoms with Gasteiger partial charge in [0.15, 0.2) is 0 Å². The Morgan fingerprint density at radius 2 is 2.11 bits per heavy atom. The molecule has 1 saturated heterocycles. The van der Waals surface area contributed by atoms with Crippen LogP contribution in [0.25, 0.3) is 33.2 Å². The monoisotopic (exact) mass is 467 g/mol. The maximum Gasteiger partial charge on any atom is 0.255 e. The summed E-state index contributed by atoms with van der Waals surface area (Å²) in [5, 5.41) is 7.35. The number of aromatic amines is 1. The molecule has 0 saturated carbocycles. The van der Waals surface area contributed by atoms with Crippen molar-refractivity contribution in [3.05, 3.63) is 66.9 Å². The van der Waals surface area contributed by atoms with Crippen LogP contribution >= 0.6 is 0 Å². The van der Waals surface area contributed by atoms with Gasteiger partial charge in [-0.25, -0.2) is 15.0 Å². The van der Waals surface area contributed by atoms with Crippen molar-refractivity contribution in [2.24, 2.45) is 0 Å². The summed E-state index contributed by atoms with van der Waals surface area (Å²) in [7, 11) is 1.52. The first-order valence-corrected chi connectivity index (χ1v) is 11.7. The van der Waals surface area contributed by atoms with Crippen molar-refractivity contribution in [1.82, 2.24) is 29.8 Å². The molecular weight excluding hydrogens is 442 g/mol. The van der Waals surface area contributed by atoms with Crippen LogP contribution in [0.5, 0.6) is 5.88 Å². The number of carbonyl (C=O) groups excluding carboxylic acids is 1. The Bertz CT molecular complexity index is 1530. The number of ether oxygens (including phenoxy) is 1. The molecule has 9 nitrogen and oxygen atoms in total. The average molecular weight is 468 g/mol. The summed E-state index contributed by atoms with van der Waals surface area (Å²) in [5.74, 6) is 0.133. The van der Waals surface area contributed by atoms with Crippen molar-refractivity contribution in [3.63, 3.8) is 0 Å². The zero-order chi connectivity index (χ0) is 23.8. The normalized spacial score (nSPS) is 16.0. The van der Waals surface area contributed by atoms with Gasteiger partial charge < -0.3 is 24.9 Å². The van der Waals surface area contributed by atoms with Crippen LogP contribution in [-0.2, 0) is 0 Å². The summed E-state index contributed by atoms with van der Waals surface area (Å²) in [6.45, 7) is 2.03. The number of amides is 1. The number of aromatic nitrogens is 5. The average Bonchev–Trinajstić information content (AvgIpc) is 3.53. The van der Waals surface area contributed by atoms with Crippen LogP contribution in [0.4, 0.5) is 5.69 Å². The zero-order valence-electron chi connectivity index (χ0n) is 19.3. The Labute approximate surface area is 201 Å². The number of anilines is 1. The third kappa shape index (κ3) is 4.00. The highest BCUT2D eigenvalue weighted by Crippen LogP contribution is 2.32. The van der Waals surface area contributed by atoms with Gasteiger partial charge >= 0.3 is 0 Å². The first kappa shape index (κ1) is 21.3. The van der Waals surface area contributed by atoms with Gasteiger partial charge in [0.25, 0.3) is 5.91 Å². The van der Waals surface area contributed by atoms with Gasteiger partial charge in [0.1, 0.15) is 5.65 Å². The highest BCUT2D eigenvalue weighted by atomic mass is 16.5. The Morgan fingerprint density at radius 1 is 1.17 bits per heavy atom. The SMILES string of the molecule is COc1cc(C(=O)Nc2cnc3[nH]cc(-c4ccc5ncn(C6CCCNC6)c5c4)c3c2)ccn1. The second-order valence-electron chi connectivity index (χ2n) is 8.72. The highest BCUT2D eigenvalue weighted by Gasteiger charge is 2.18. The van der Waals surface area contributed by atoms with Crippen LogP contribution in [0.3, 0.4) is 0 Å². The summed E-state index contributed by atoms with van der Waals surface area (Å²) < 4.78 is 7.41. The Balaban J connectivity index is 1.33. The number of H-pyrrole nitrogens is 1. The molecule has 1 amide bonds. The van der Waals surface area contributed by atoms with Crippen molar-refractivity contribution in [2.75, 3.05) is 25.5 Å². The van der Waals surface area contributed by atoms with Crippen molar-refractivity contribution < 1.29 is 9.53 Å². The fourth-order valence-corrected chi connectivity index (χ4v) is 4.73. The molecule has 35 heavy (non-hydrogen) atoms. The van der Waals surface area contributed by atoms with Crippen molar-refractivity contribution in [3.8, 4) is 17.0 Å². The minimum absolute atomic E-state index is 0.254. The maximum absolute atomic E-state index is 12.8. The van der Waals surface area contributed by atoms with Crippen LogP contribution in [0.15, 0.2) is 61.3 Å². The smallest absolute Gasteiger partial charge is 0.255 e. The summed E-state index contributed by atoms with van der Waals surface area (Å²) in [5.41, 5.74) is 6.02. The number of hydrogen-bond donors (Lipinski definition) is 3. The lowest BCUT2D eigenvalue weighted by Gasteiger charge is -2.24. The first-order valence-electron chi connectivity index (χ1n) is 11.7. The number of pyridine rings is 2. The summed E-state index contributed by atoms with van der Waals surface area (Å²) in [4.78, 5) is 29.2. The Hall–Kier alpha value is -4.24. The fraction of sp³-hybridized carbons (Fsp3) is 0.231. The van der Waals surface area contributed by atoms with E-state index in [-0.39, 0.29) is 5.91 Å². The van der Waals surface area contributed by atoms with Gasteiger partial charge in [-0.05, 0) is 49.2 Å². The quantitative estimate of drug-likeness (QED) is 0.358. The summed E-state index contributed by atoms with van der Waals surface area (Å²) >= 11 is 0. The number of imidazole rings is 1. The van der Waals surface area contributed by atoms with E-state index in [1.54, 1.807) is 24.5 Å².